The molecule has 0 bridgehead atoms. The van der Waals surface area contributed by atoms with Crippen LogP contribution >= 0.6 is 0 Å². The minimum atomic E-state index is -0.211. The molecule has 2 aromatic carbocycles. The van der Waals surface area contributed by atoms with Gasteiger partial charge in [0.05, 0.1) is 0 Å². The molecule has 0 heterocycles. The number of hydrogen-bond donors (Lipinski definition) is 2. The van der Waals surface area contributed by atoms with Crippen molar-refractivity contribution in [2.24, 2.45) is 5.73 Å². The second kappa shape index (κ2) is 6.59. The number of aryl methyl sites for hydroxylation is 2. The Bertz CT molecular complexity index is 658. The predicted octanol–water partition coefficient (Wildman–Crippen LogP) is 4.50. The molecule has 0 aliphatic heterocycles. The zero-order chi connectivity index (χ0) is 15.4. The predicted molar refractivity (Wildman–Crippen MR) is 89.2 cm³/mol. The number of hydrogen-bond acceptors (Lipinski definition) is 2. The molecule has 1 atom stereocenters. The van der Waals surface area contributed by atoms with Crippen LogP contribution in [0.25, 0.3) is 5.57 Å². The molecule has 0 fully saturated rings. The third kappa shape index (κ3) is 3.73. The highest BCUT2D eigenvalue weighted by molar-refractivity contribution is 5.66. The van der Waals surface area contributed by atoms with Gasteiger partial charge in [0.1, 0.15) is 5.75 Å². The first-order chi connectivity index (χ1) is 10.0. The van der Waals surface area contributed by atoms with E-state index >= 15 is 0 Å². The lowest BCUT2D eigenvalue weighted by Gasteiger charge is -2.17. The van der Waals surface area contributed by atoms with Gasteiger partial charge >= 0.3 is 0 Å². The van der Waals surface area contributed by atoms with Gasteiger partial charge in [0.15, 0.2) is 0 Å². The van der Waals surface area contributed by atoms with E-state index in [9.17, 15) is 5.11 Å². The van der Waals surface area contributed by atoms with Gasteiger partial charge in [-0.15, -0.1) is 0 Å². The van der Waals surface area contributed by atoms with Crippen LogP contribution in [0.3, 0.4) is 0 Å². The maximum absolute atomic E-state index is 10.0. The van der Waals surface area contributed by atoms with Crippen LogP contribution in [0.15, 0.2) is 48.5 Å². The molecule has 0 aliphatic rings. The third-order valence-electron chi connectivity index (χ3n) is 3.76. The normalized spacial score (nSPS) is 13.2. The fraction of sp³-hybridized carbons (Fsp3) is 0.263. The molecule has 21 heavy (non-hydrogen) atoms. The third-order valence-corrected chi connectivity index (χ3v) is 3.76. The van der Waals surface area contributed by atoms with Crippen LogP contribution in [0, 0.1) is 13.8 Å². The summed E-state index contributed by atoms with van der Waals surface area (Å²) in [5.41, 5.74) is 11.9. The number of nitrogens with two attached hydrogens (primary N) is 1. The van der Waals surface area contributed by atoms with E-state index in [4.69, 9.17) is 5.73 Å². The molecule has 1 unspecified atom stereocenters. The number of phenols is 1. The molecule has 110 valence electrons. The van der Waals surface area contributed by atoms with Crippen molar-refractivity contribution >= 4 is 5.57 Å². The summed E-state index contributed by atoms with van der Waals surface area (Å²) in [6.45, 7) is 6.12. The Labute approximate surface area is 126 Å². The minimum absolute atomic E-state index is 0.211. The highest BCUT2D eigenvalue weighted by Gasteiger charge is 2.14. The van der Waals surface area contributed by atoms with E-state index in [0.29, 0.717) is 6.42 Å². The lowest BCUT2D eigenvalue weighted by Crippen LogP contribution is -2.11. The molecule has 0 aliphatic carbocycles. The van der Waals surface area contributed by atoms with E-state index in [1.807, 2.05) is 26.0 Å². The van der Waals surface area contributed by atoms with Crippen LogP contribution < -0.4 is 5.73 Å². The van der Waals surface area contributed by atoms with E-state index < -0.39 is 0 Å². The Kier molecular flexibility index (Phi) is 4.81. The second-order valence-electron chi connectivity index (χ2n) is 5.56. The number of benzene rings is 2. The number of rotatable bonds is 4. The van der Waals surface area contributed by atoms with Crippen LogP contribution in [0.5, 0.6) is 5.75 Å². The molecule has 0 radical (unpaired) electrons. The molecule has 0 spiro atoms. The second-order valence-corrected chi connectivity index (χ2v) is 5.56. The molecule has 2 aromatic rings. The van der Waals surface area contributed by atoms with Crippen LogP contribution in [0.2, 0.25) is 0 Å². The molecule has 0 aromatic heterocycles. The average Bonchev–Trinajstić information content (AvgIpc) is 2.47. The molecule has 0 saturated heterocycles. The van der Waals surface area contributed by atoms with E-state index in [0.717, 1.165) is 11.1 Å². The van der Waals surface area contributed by atoms with E-state index in [1.54, 1.807) is 6.07 Å². The highest BCUT2D eigenvalue weighted by Crippen LogP contribution is 2.31. The fourth-order valence-electron chi connectivity index (χ4n) is 2.56. The maximum Gasteiger partial charge on any atom is 0.120 e. The zero-order valence-electron chi connectivity index (χ0n) is 12.9. The van der Waals surface area contributed by atoms with Crippen molar-refractivity contribution in [3.8, 4) is 5.75 Å². The molecule has 0 saturated carbocycles. The van der Waals surface area contributed by atoms with Crippen molar-refractivity contribution in [3.63, 3.8) is 0 Å². The smallest absolute Gasteiger partial charge is 0.120 e. The highest BCUT2D eigenvalue weighted by atomic mass is 16.3. The topological polar surface area (TPSA) is 46.2 Å². The number of phenolic OH excluding ortho intramolecular Hbond substituents is 1. The van der Waals surface area contributed by atoms with Crippen LogP contribution in [-0.2, 0) is 0 Å². The first-order valence-corrected chi connectivity index (χ1v) is 7.28. The largest absolute Gasteiger partial charge is 0.508 e. The Morgan fingerprint density at radius 3 is 2.52 bits per heavy atom. The van der Waals surface area contributed by atoms with Crippen molar-refractivity contribution in [2.45, 2.75) is 33.2 Å². The zero-order valence-corrected chi connectivity index (χ0v) is 12.9. The fourth-order valence-corrected chi connectivity index (χ4v) is 2.56. The minimum Gasteiger partial charge on any atom is -0.508 e. The van der Waals surface area contributed by atoms with Crippen molar-refractivity contribution in [3.05, 3.63) is 70.8 Å². The quantitative estimate of drug-likeness (QED) is 0.866. The standard InChI is InChI=1S/C19H23NO/c1-4-15(16-7-5-6-13(2)10-16)12-18(20)17-11-14(3)8-9-19(17)21/h4-11,18,21H,12,20H2,1-3H3/b15-4+. The SMILES string of the molecule is C/C=C(\CC(N)c1cc(C)ccc1O)c1cccc(C)c1. The molecule has 3 N–H and O–H groups in total. The molecular weight excluding hydrogens is 258 g/mol. The molecule has 2 nitrogen and oxygen atoms in total. The summed E-state index contributed by atoms with van der Waals surface area (Å²) in [4.78, 5) is 0. The monoisotopic (exact) mass is 281 g/mol. The Hall–Kier alpha value is -2.06. The molecular formula is C19H23NO. The van der Waals surface area contributed by atoms with Crippen LogP contribution in [-0.4, -0.2) is 5.11 Å². The van der Waals surface area contributed by atoms with Crippen molar-refractivity contribution < 1.29 is 5.11 Å². The van der Waals surface area contributed by atoms with Gasteiger partial charge in [0, 0.05) is 11.6 Å². The number of allylic oxidation sites excluding steroid dienone is 1. The summed E-state index contributed by atoms with van der Waals surface area (Å²) in [7, 11) is 0. The summed E-state index contributed by atoms with van der Waals surface area (Å²) in [6.07, 6.45) is 2.80. The van der Waals surface area contributed by atoms with Crippen molar-refractivity contribution in [1.29, 1.82) is 0 Å². The lowest BCUT2D eigenvalue weighted by molar-refractivity contribution is 0.462. The van der Waals surface area contributed by atoms with Gasteiger partial charge in [-0.25, -0.2) is 0 Å². The first-order valence-electron chi connectivity index (χ1n) is 7.28. The van der Waals surface area contributed by atoms with Crippen LogP contribution in [0.1, 0.15) is 41.6 Å². The summed E-state index contributed by atoms with van der Waals surface area (Å²) in [5.74, 6) is 0.271. The van der Waals surface area contributed by atoms with Gasteiger partial charge in [-0.05, 0) is 44.4 Å². The van der Waals surface area contributed by atoms with E-state index in [-0.39, 0.29) is 11.8 Å². The van der Waals surface area contributed by atoms with Gasteiger partial charge in [-0.2, -0.15) is 0 Å². The Balaban J connectivity index is 2.25. The summed E-state index contributed by atoms with van der Waals surface area (Å²) < 4.78 is 0. The van der Waals surface area contributed by atoms with E-state index in [1.165, 1.54) is 16.7 Å². The van der Waals surface area contributed by atoms with Gasteiger partial charge in [0.2, 0.25) is 0 Å². The van der Waals surface area contributed by atoms with Gasteiger partial charge in [0.25, 0.3) is 0 Å². The molecule has 2 rings (SSSR count). The van der Waals surface area contributed by atoms with Crippen LogP contribution in [0.4, 0.5) is 0 Å². The number of aromatic hydroxyl groups is 1. The van der Waals surface area contributed by atoms with Crippen molar-refractivity contribution in [2.75, 3.05) is 0 Å². The van der Waals surface area contributed by atoms with Gasteiger partial charge < -0.3 is 10.8 Å². The summed E-state index contributed by atoms with van der Waals surface area (Å²) >= 11 is 0. The van der Waals surface area contributed by atoms with Crippen molar-refractivity contribution in [1.82, 2.24) is 0 Å². The van der Waals surface area contributed by atoms with Gasteiger partial charge in [-0.3, -0.25) is 0 Å². The Morgan fingerprint density at radius 1 is 1.14 bits per heavy atom. The average molecular weight is 281 g/mol. The first kappa shape index (κ1) is 15.3. The summed E-state index contributed by atoms with van der Waals surface area (Å²) in [5, 5.41) is 10.0. The summed E-state index contributed by atoms with van der Waals surface area (Å²) in [6, 6.07) is 13.8. The van der Waals surface area contributed by atoms with Gasteiger partial charge in [-0.1, -0.05) is 53.6 Å². The molecule has 0 amide bonds. The van der Waals surface area contributed by atoms with E-state index in [2.05, 4.69) is 37.3 Å². The Morgan fingerprint density at radius 2 is 1.86 bits per heavy atom. The molecule has 2 heteroatoms. The maximum atomic E-state index is 10.0. The lowest BCUT2D eigenvalue weighted by atomic mass is 9.93.